The van der Waals surface area contributed by atoms with Crippen LogP contribution in [0.1, 0.15) is 18.4 Å². The van der Waals surface area contributed by atoms with E-state index < -0.39 is 0 Å². The van der Waals surface area contributed by atoms with Crippen molar-refractivity contribution in [2.45, 2.75) is 12.8 Å². The second-order valence-corrected chi connectivity index (χ2v) is 4.02. The Morgan fingerprint density at radius 1 is 1.19 bits per heavy atom. The summed E-state index contributed by atoms with van der Waals surface area (Å²) in [6.07, 6.45) is 0.833. The van der Waals surface area contributed by atoms with Gasteiger partial charge in [0.1, 0.15) is 6.29 Å². The summed E-state index contributed by atoms with van der Waals surface area (Å²) in [7, 11) is 0. The average Bonchev–Trinajstić information content (AvgIpc) is 2.36. The van der Waals surface area contributed by atoms with E-state index in [9.17, 15) is 4.79 Å². The molecule has 0 aromatic heterocycles. The molecule has 0 spiro atoms. The zero-order chi connectivity index (χ0) is 11.5. The first-order valence-electron chi connectivity index (χ1n) is 5.35. The van der Waals surface area contributed by atoms with E-state index in [0.717, 1.165) is 11.8 Å². The van der Waals surface area contributed by atoms with Crippen LogP contribution in [0.3, 0.4) is 0 Å². The lowest BCUT2D eigenvalue weighted by Crippen LogP contribution is -1.97. The Morgan fingerprint density at radius 2 is 1.88 bits per heavy atom. The van der Waals surface area contributed by atoms with Gasteiger partial charge in [-0.1, -0.05) is 56.0 Å². The van der Waals surface area contributed by atoms with Crippen molar-refractivity contribution in [1.82, 2.24) is 0 Å². The van der Waals surface area contributed by atoms with Crippen molar-refractivity contribution in [2.75, 3.05) is 0 Å². The topological polar surface area (TPSA) is 17.1 Å². The van der Waals surface area contributed by atoms with Crippen LogP contribution in [0.5, 0.6) is 0 Å². The minimum atomic E-state index is 0.0853. The normalized spacial score (nSPS) is 12.3. The van der Waals surface area contributed by atoms with Crippen molar-refractivity contribution >= 4 is 17.1 Å². The molecule has 0 saturated carbocycles. The van der Waals surface area contributed by atoms with E-state index >= 15 is 0 Å². The molecule has 0 aliphatic heterocycles. The van der Waals surface area contributed by atoms with E-state index in [1.54, 1.807) is 0 Å². The molecule has 1 atom stereocenters. The monoisotopic (exact) mass is 210 g/mol. The molecule has 16 heavy (non-hydrogen) atoms. The first kappa shape index (κ1) is 10.6. The number of aldehydes is 1. The van der Waals surface area contributed by atoms with Crippen LogP contribution in [-0.2, 0) is 4.79 Å². The van der Waals surface area contributed by atoms with Gasteiger partial charge in [-0.25, -0.2) is 0 Å². The number of carbonyl (C=O) groups is 1. The predicted molar refractivity (Wildman–Crippen MR) is 67.6 cm³/mol. The number of fused-ring (bicyclic) bond motifs is 1. The SMILES string of the molecule is C=C(C=O)[C@@H](C)c1ccc2ccccc2c1. The van der Waals surface area contributed by atoms with Gasteiger partial charge in [-0.15, -0.1) is 0 Å². The molecule has 2 aromatic carbocycles. The Balaban J connectivity index is 2.46. The number of rotatable bonds is 3. The summed E-state index contributed by atoms with van der Waals surface area (Å²) in [5.41, 5.74) is 1.76. The van der Waals surface area contributed by atoms with E-state index in [4.69, 9.17) is 0 Å². The van der Waals surface area contributed by atoms with E-state index in [2.05, 4.69) is 36.9 Å². The van der Waals surface area contributed by atoms with Gasteiger partial charge in [-0.2, -0.15) is 0 Å². The highest BCUT2D eigenvalue weighted by atomic mass is 16.1. The molecule has 0 bridgehead atoms. The molecule has 0 radical (unpaired) electrons. The molecule has 0 unspecified atom stereocenters. The number of hydrogen-bond acceptors (Lipinski definition) is 1. The molecular weight excluding hydrogens is 196 g/mol. The third-order valence-corrected chi connectivity index (χ3v) is 2.98. The smallest absolute Gasteiger partial charge is 0.146 e. The molecular formula is C15H14O. The number of hydrogen-bond donors (Lipinski definition) is 0. The van der Waals surface area contributed by atoms with Crippen LogP contribution in [-0.4, -0.2) is 6.29 Å². The highest BCUT2D eigenvalue weighted by Gasteiger charge is 2.08. The minimum Gasteiger partial charge on any atom is -0.298 e. The van der Waals surface area contributed by atoms with E-state index in [1.807, 2.05) is 19.1 Å². The number of benzene rings is 2. The average molecular weight is 210 g/mol. The van der Waals surface area contributed by atoms with Gasteiger partial charge in [0.05, 0.1) is 0 Å². The fourth-order valence-corrected chi connectivity index (χ4v) is 1.79. The van der Waals surface area contributed by atoms with Crippen LogP contribution in [0, 0.1) is 0 Å². The van der Waals surface area contributed by atoms with Gasteiger partial charge in [0.2, 0.25) is 0 Å². The van der Waals surface area contributed by atoms with Gasteiger partial charge in [0.15, 0.2) is 0 Å². The van der Waals surface area contributed by atoms with Crippen LogP contribution in [0.15, 0.2) is 54.6 Å². The zero-order valence-electron chi connectivity index (χ0n) is 9.31. The summed E-state index contributed by atoms with van der Waals surface area (Å²) in [5.74, 6) is 0.0853. The van der Waals surface area contributed by atoms with Crippen molar-refractivity contribution < 1.29 is 4.79 Å². The van der Waals surface area contributed by atoms with Crippen LogP contribution < -0.4 is 0 Å². The molecule has 2 aromatic rings. The zero-order valence-corrected chi connectivity index (χ0v) is 9.31. The summed E-state index contributed by atoms with van der Waals surface area (Å²) in [6.45, 7) is 5.76. The number of allylic oxidation sites excluding steroid dienone is 1. The summed E-state index contributed by atoms with van der Waals surface area (Å²) < 4.78 is 0. The largest absolute Gasteiger partial charge is 0.298 e. The van der Waals surface area contributed by atoms with E-state index in [0.29, 0.717) is 5.57 Å². The van der Waals surface area contributed by atoms with Gasteiger partial charge >= 0.3 is 0 Å². The molecule has 0 aliphatic carbocycles. The van der Waals surface area contributed by atoms with Gasteiger partial charge in [0.25, 0.3) is 0 Å². The van der Waals surface area contributed by atoms with Crippen molar-refractivity contribution in [3.63, 3.8) is 0 Å². The van der Waals surface area contributed by atoms with Gasteiger partial charge < -0.3 is 0 Å². The van der Waals surface area contributed by atoms with Gasteiger partial charge in [-0.3, -0.25) is 4.79 Å². The standard InChI is InChI=1S/C15H14O/c1-11(10-16)12(2)14-8-7-13-5-3-4-6-15(13)9-14/h3-10,12H,1H2,2H3/t12-/m1/s1. The maximum Gasteiger partial charge on any atom is 0.146 e. The fraction of sp³-hybridized carbons (Fsp3) is 0.133. The van der Waals surface area contributed by atoms with Crippen molar-refractivity contribution in [2.24, 2.45) is 0 Å². The maximum absolute atomic E-state index is 10.7. The molecule has 1 heteroatoms. The van der Waals surface area contributed by atoms with Crippen LogP contribution in [0.4, 0.5) is 0 Å². The van der Waals surface area contributed by atoms with Crippen LogP contribution >= 0.6 is 0 Å². The molecule has 0 saturated heterocycles. The highest BCUT2D eigenvalue weighted by Crippen LogP contribution is 2.25. The van der Waals surface area contributed by atoms with Crippen LogP contribution in [0.2, 0.25) is 0 Å². The molecule has 0 heterocycles. The quantitative estimate of drug-likeness (QED) is 0.557. The summed E-state index contributed by atoms with van der Waals surface area (Å²) in [5, 5.41) is 2.42. The fourth-order valence-electron chi connectivity index (χ4n) is 1.79. The minimum absolute atomic E-state index is 0.0853. The molecule has 80 valence electrons. The lowest BCUT2D eigenvalue weighted by atomic mass is 9.93. The van der Waals surface area contributed by atoms with Crippen molar-refractivity contribution in [3.8, 4) is 0 Å². The van der Waals surface area contributed by atoms with Gasteiger partial charge in [0, 0.05) is 5.92 Å². The Labute approximate surface area is 95.4 Å². The second kappa shape index (κ2) is 4.31. The Morgan fingerprint density at radius 3 is 2.56 bits per heavy atom. The number of carbonyl (C=O) groups excluding carboxylic acids is 1. The maximum atomic E-state index is 10.7. The third kappa shape index (κ3) is 1.89. The third-order valence-electron chi connectivity index (χ3n) is 2.98. The van der Waals surface area contributed by atoms with Crippen molar-refractivity contribution in [1.29, 1.82) is 0 Å². The molecule has 1 nitrogen and oxygen atoms in total. The Hall–Kier alpha value is -1.89. The molecule has 2 rings (SSSR count). The summed E-state index contributed by atoms with van der Waals surface area (Å²) >= 11 is 0. The second-order valence-electron chi connectivity index (χ2n) is 4.02. The predicted octanol–water partition coefficient (Wildman–Crippen LogP) is 3.70. The lowest BCUT2D eigenvalue weighted by molar-refractivity contribution is -0.105. The molecule has 0 aliphatic rings. The first-order valence-corrected chi connectivity index (χ1v) is 5.35. The van der Waals surface area contributed by atoms with E-state index in [1.165, 1.54) is 10.8 Å². The van der Waals surface area contributed by atoms with Crippen molar-refractivity contribution in [3.05, 3.63) is 60.2 Å². The van der Waals surface area contributed by atoms with E-state index in [-0.39, 0.29) is 5.92 Å². The van der Waals surface area contributed by atoms with Crippen LogP contribution in [0.25, 0.3) is 10.8 Å². The highest BCUT2D eigenvalue weighted by molar-refractivity contribution is 5.84. The Bertz CT molecular complexity index is 540. The first-order chi connectivity index (χ1) is 7.72. The summed E-state index contributed by atoms with van der Waals surface area (Å²) in [4.78, 5) is 10.7. The molecule has 0 fully saturated rings. The lowest BCUT2D eigenvalue weighted by Gasteiger charge is -2.11. The Kier molecular flexibility index (Phi) is 2.86. The summed E-state index contributed by atoms with van der Waals surface area (Å²) in [6, 6.07) is 14.5. The van der Waals surface area contributed by atoms with Gasteiger partial charge in [-0.05, 0) is 21.9 Å². The molecule has 0 amide bonds. The molecule has 0 N–H and O–H groups in total.